The molecule has 1 atom stereocenters. The zero-order chi connectivity index (χ0) is 17.5. The number of carbonyl (C=O) groups excluding carboxylic acids is 1. The van der Waals surface area contributed by atoms with Crippen LogP contribution in [0.5, 0.6) is 0 Å². The molecule has 0 bridgehead atoms. The molecular weight excluding hydrogens is 326 g/mol. The van der Waals surface area contributed by atoms with Gasteiger partial charge in [0, 0.05) is 5.56 Å². The maximum absolute atomic E-state index is 13.9. The number of ketones is 1. The monoisotopic (exact) mass is 337 g/mol. The lowest BCUT2D eigenvalue weighted by Gasteiger charge is -2.11. The molecule has 24 heavy (non-hydrogen) atoms. The van der Waals surface area contributed by atoms with Crippen LogP contribution in [0.2, 0.25) is 0 Å². The van der Waals surface area contributed by atoms with Crippen molar-refractivity contribution in [3.63, 3.8) is 0 Å². The first-order valence-corrected chi connectivity index (χ1v) is 6.91. The molecule has 0 fully saturated rings. The summed E-state index contributed by atoms with van der Waals surface area (Å²) in [6.45, 7) is 0. The molecule has 2 aromatic rings. The fraction of sp³-hybridized carbons (Fsp3) is 0.118. The maximum atomic E-state index is 13.9. The van der Waals surface area contributed by atoms with Crippen LogP contribution in [-0.4, -0.2) is 5.78 Å². The number of hydrogen-bond acceptors (Lipinski definition) is 3. The summed E-state index contributed by atoms with van der Waals surface area (Å²) >= 11 is 0. The van der Waals surface area contributed by atoms with Crippen LogP contribution >= 0.6 is 0 Å². The number of nitrogens with two attached hydrogens (primary N) is 1. The minimum Gasteiger partial charge on any atom is -0.462 e. The minimum atomic E-state index is -4.56. The average molecular weight is 337 g/mol. The van der Waals surface area contributed by atoms with Crippen molar-refractivity contribution in [1.82, 2.24) is 0 Å². The van der Waals surface area contributed by atoms with E-state index < -0.39 is 29.4 Å². The van der Waals surface area contributed by atoms with Gasteiger partial charge in [-0.2, -0.15) is 13.2 Å². The van der Waals surface area contributed by atoms with Crippen LogP contribution in [0.4, 0.5) is 17.6 Å². The standard InChI is InChI=1S/C17H11F4NO2/c18-12-7-2-1-6-11(12)15-14(23)13(16(22)24-15)9-4-3-5-10(8-9)17(19,20)21/h1-8,15H,22H2. The zero-order valence-corrected chi connectivity index (χ0v) is 12.1. The van der Waals surface area contributed by atoms with Gasteiger partial charge in [-0.15, -0.1) is 0 Å². The smallest absolute Gasteiger partial charge is 0.416 e. The Hall–Kier alpha value is -2.83. The number of ether oxygens (including phenoxy) is 1. The fourth-order valence-corrected chi connectivity index (χ4v) is 2.52. The molecule has 124 valence electrons. The van der Waals surface area contributed by atoms with Gasteiger partial charge in [-0.1, -0.05) is 30.3 Å². The summed E-state index contributed by atoms with van der Waals surface area (Å²) in [6, 6.07) is 9.67. The van der Waals surface area contributed by atoms with Crippen LogP contribution < -0.4 is 5.73 Å². The number of alkyl halides is 3. The molecule has 2 aromatic carbocycles. The van der Waals surface area contributed by atoms with Gasteiger partial charge < -0.3 is 10.5 Å². The Bertz CT molecular complexity index is 842. The third-order valence-electron chi connectivity index (χ3n) is 3.64. The van der Waals surface area contributed by atoms with Gasteiger partial charge in [-0.25, -0.2) is 4.39 Å². The molecule has 1 unspecified atom stereocenters. The lowest BCUT2D eigenvalue weighted by atomic mass is 9.95. The van der Waals surface area contributed by atoms with Crippen LogP contribution in [-0.2, 0) is 15.7 Å². The molecule has 0 radical (unpaired) electrons. The van der Waals surface area contributed by atoms with Crippen molar-refractivity contribution in [2.75, 3.05) is 0 Å². The predicted octanol–water partition coefficient (Wildman–Crippen LogP) is 3.81. The van der Waals surface area contributed by atoms with Gasteiger partial charge in [0.05, 0.1) is 11.1 Å². The van der Waals surface area contributed by atoms with Gasteiger partial charge >= 0.3 is 6.18 Å². The van der Waals surface area contributed by atoms with E-state index in [-0.39, 0.29) is 22.6 Å². The number of rotatable bonds is 2. The van der Waals surface area contributed by atoms with Gasteiger partial charge in [0.2, 0.25) is 5.78 Å². The fourth-order valence-electron chi connectivity index (χ4n) is 2.52. The molecule has 1 aliphatic heterocycles. The van der Waals surface area contributed by atoms with E-state index in [2.05, 4.69) is 0 Å². The molecule has 3 nitrogen and oxygen atoms in total. The lowest BCUT2D eigenvalue weighted by Crippen LogP contribution is -2.12. The summed E-state index contributed by atoms with van der Waals surface area (Å²) < 4.78 is 57.6. The molecule has 0 saturated carbocycles. The Morgan fingerprint density at radius 3 is 2.42 bits per heavy atom. The largest absolute Gasteiger partial charge is 0.462 e. The Labute approximate surface area is 134 Å². The first-order chi connectivity index (χ1) is 11.3. The SMILES string of the molecule is NC1=C(c2cccc(C(F)(F)F)c2)C(=O)C(c2ccccc2F)O1. The third-order valence-corrected chi connectivity index (χ3v) is 3.64. The van der Waals surface area contributed by atoms with E-state index in [1.165, 1.54) is 30.3 Å². The highest BCUT2D eigenvalue weighted by molar-refractivity contribution is 6.25. The summed E-state index contributed by atoms with van der Waals surface area (Å²) in [4.78, 5) is 12.5. The zero-order valence-electron chi connectivity index (χ0n) is 12.1. The quantitative estimate of drug-likeness (QED) is 0.848. The number of Topliss-reactive ketones (excluding diaryl/α,β-unsaturated/α-hetero) is 1. The van der Waals surface area contributed by atoms with Crippen molar-refractivity contribution in [3.8, 4) is 0 Å². The Balaban J connectivity index is 2.00. The topological polar surface area (TPSA) is 52.3 Å². The van der Waals surface area contributed by atoms with E-state index in [9.17, 15) is 22.4 Å². The molecule has 0 spiro atoms. The molecule has 7 heteroatoms. The van der Waals surface area contributed by atoms with Crippen molar-refractivity contribution >= 4 is 11.4 Å². The molecule has 0 saturated heterocycles. The summed E-state index contributed by atoms with van der Waals surface area (Å²) in [5.74, 6) is -1.67. The summed E-state index contributed by atoms with van der Waals surface area (Å²) in [6.07, 6.45) is -5.87. The predicted molar refractivity (Wildman–Crippen MR) is 77.8 cm³/mol. The van der Waals surface area contributed by atoms with Gasteiger partial charge in [0.15, 0.2) is 12.0 Å². The second-order valence-electron chi connectivity index (χ2n) is 5.20. The normalized spacial score (nSPS) is 18.0. The molecule has 3 rings (SSSR count). The number of carbonyl (C=O) groups is 1. The number of halogens is 4. The highest BCUT2D eigenvalue weighted by atomic mass is 19.4. The van der Waals surface area contributed by atoms with Crippen LogP contribution in [0.15, 0.2) is 54.4 Å². The second-order valence-corrected chi connectivity index (χ2v) is 5.20. The highest BCUT2D eigenvalue weighted by Gasteiger charge is 2.38. The van der Waals surface area contributed by atoms with Crippen LogP contribution in [0.1, 0.15) is 22.8 Å². The van der Waals surface area contributed by atoms with Crippen molar-refractivity contribution in [2.24, 2.45) is 5.73 Å². The minimum absolute atomic E-state index is 0.0209. The van der Waals surface area contributed by atoms with E-state index in [1.807, 2.05) is 0 Å². The van der Waals surface area contributed by atoms with Crippen molar-refractivity contribution < 1.29 is 27.1 Å². The highest BCUT2D eigenvalue weighted by Crippen LogP contribution is 2.38. The van der Waals surface area contributed by atoms with Crippen molar-refractivity contribution in [1.29, 1.82) is 0 Å². The van der Waals surface area contributed by atoms with E-state index in [1.54, 1.807) is 0 Å². The van der Waals surface area contributed by atoms with Gasteiger partial charge in [-0.3, -0.25) is 4.79 Å². The van der Waals surface area contributed by atoms with Gasteiger partial charge in [0.25, 0.3) is 0 Å². The molecule has 0 aliphatic carbocycles. The van der Waals surface area contributed by atoms with Crippen molar-refractivity contribution in [2.45, 2.75) is 12.3 Å². The summed E-state index contributed by atoms with van der Waals surface area (Å²) in [5, 5.41) is 0. The average Bonchev–Trinajstić information content (AvgIpc) is 2.82. The lowest BCUT2D eigenvalue weighted by molar-refractivity contribution is -0.137. The van der Waals surface area contributed by atoms with E-state index in [0.29, 0.717) is 0 Å². The van der Waals surface area contributed by atoms with Gasteiger partial charge in [-0.05, 0) is 23.8 Å². The second kappa shape index (κ2) is 5.67. The number of benzene rings is 2. The van der Waals surface area contributed by atoms with E-state index in [0.717, 1.165) is 18.2 Å². The molecule has 1 aliphatic rings. The summed E-state index contributed by atoms with van der Waals surface area (Å²) in [5.41, 5.74) is 4.53. The van der Waals surface area contributed by atoms with E-state index >= 15 is 0 Å². The van der Waals surface area contributed by atoms with E-state index in [4.69, 9.17) is 10.5 Å². The Morgan fingerprint density at radius 1 is 1.04 bits per heavy atom. The van der Waals surface area contributed by atoms with Crippen molar-refractivity contribution in [3.05, 3.63) is 76.9 Å². The molecular formula is C17H11F4NO2. The molecule has 0 amide bonds. The first kappa shape index (κ1) is 16.0. The Kier molecular flexibility index (Phi) is 3.79. The molecule has 2 N–H and O–H groups in total. The third kappa shape index (κ3) is 2.73. The summed E-state index contributed by atoms with van der Waals surface area (Å²) in [7, 11) is 0. The molecule has 1 heterocycles. The Morgan fingerprint density at radius 2 is 1.75 bits per heavy atom. The first-order valence-electron chi connectivity index (χ1n) is 6.91. The van der Waals surface area contributed by atoms with Gasteiger partial charge in [0.1, 0.15) is 5.82 Å². The number of hydrogen-bond donors (Lipinski definition) is 1. The van der Waals surface area contributed by atoms with Crippen LogP contribution in [0.25, 0.3) is 5.57 Å². The van der Waals surface area contributed by atoms with Crippen LogP contribution in [0.3, 0.4) is 0 Å². The maximum Gasteiger partial charge on any atom is 0.416 e. The van der Waals surface area contributed by atoms with Crippen LogP contribution in [0, 0.1) is 5.82 Å². The molecule has 0 aromatic heterocycles.